The zero-order chi connectivity index (χ0) is 15.8. The molecule has 0 unspecified atom stereocenters. The van der Waals surface area contributed by atoms with Crippen molar-refractivity contribution in [3.63, 3.8) is 0 Å². The van der Waals surface area contributed by atoms with Gasteiger partial charge in [-0.1, -0.05) is 38.1 Å². The van der Waals surface area contributed by atoms with Crippen molar-refractivity contribution in [2.24, 2.45) is 0 Å². The van der Waals surface area contributed by atoms with E-state index >= 15 is 0 Å². The molecule has 3 nitrogen and oxygen atoms in total. The highest BCUT2D eigenvalue weighted by Gasteiger charge is 2.21. The first-order valence-corrected chi connectivity index (χ1v) is 8.84. The first-order valence-electron chi connectivity index (χ1n) is 8.84. The van der Waals surface area contributed by atoms with Crippen LogP contribution in [0.25, 0.3) is 0 Å². The van der Waals surface area contributed by atoms with E-state index in [1.807, 2.05) is 0 Å². The summed E-state index contributed by atoms with van der Waals surface area (Å²) in [5.74, 6) is 0. The molecule has 0 amide bonds. The van der Waals surface area contributed by atoms with E-state index in [9.17, 15) is 5.11 Å². The van der Waals surface area contributed by atoms with Crippen LogP contribution in [0.3, 0.4) is 0 Å². The van der Waals surface area contributed by atoms with Gasteiger partial charge in [0.25, 0.3) is 0 Å². The van der Waals surface area contributed by atoms with Crippen molar-refractivity contribution in [1.82, 2.24) is 4.90 Å². The summed E-state index contributed by atoms with van der Waals surface area (Å²) < 4.78 is 6.05. The number of nitrogens with zero attached hydrogens (tertiary/aromatic N) is 1. The quantitative estimate of drug-likeness (QED) is 0.757. The predicted molar refractivity (Wildman–Crippen MR) is 91.1 cm³/mol. The molecule has 124 valence electrons. The summed E-state index contributed by atoms with van der Waals surface area (Å²) in [7, 11) is 0. The third kappa shape index (κ3) is 5.08. The molecule has 0 aromatic heterocycles. The average Bonchev–Trinajstić information content (AvgIpc) is 2.53. The number of benzene rings is 1. The molecule has 0 spiro atoms. The summed E-state index contributed by atoms with van der Waals surface area (Å²) in [5.41, 5.74) is 2.73. The van der Waals surface area contributed by atoms with Crippen LogP contribution in [0.4, 0.5) is 0 Å². The van der Waals surface area contributed by atoms with Crippen molar-refractivity contribution < 1.29 is 9.84 Å². The van der Waals surface area contributed by atoms with Gasteiger partial charge in [0.15, 0.2) is 0 Å². The van der Waals surface area contributed by atoms with Gasteiger partial charge in [-0.3, -0.25) is 0 Å². The molecule has 22 heavy (non-hydrogen) atoms. The second kappa shape index (κ2) is 9.29. The highest BCUT2D eigenvalue weighted by Crippen LogP contribution is 2.32. The molecule has 2 atom stereocenters. The van der Waals surface area contributed by atoms with Gasteiger partial charge < -0.3 is 14.7 Å². The van der Waals surface area contributed by atoms with Gasteiger partial charge in [0, 0.05) is 6.54 Å². The van der Waals surface area contributed by atoms with Crippen LogP contribution < -0.4 is 0 Å². The van der Waals surface area contributed by atoms with Crippen molar-refractivity contribution in [2.75, 3.05) is 26.2 Å². The van der Waals surface area contributed by atoms with Crippen molar-refractivity contribution in [2.45, 2.75) is 58.2 Å². The van der Waals surface area contributed by atoms with Crippen LogP contribution in [0.5, 0.6) is 0 Å². The fourth-order valence-corrected chi connectivity index (χ4v) is 3.39. The predicted octanol–water partition coefficient (Wildman–Crippen LogP) is 3.56. The van der Waals surface area contributed by atoms with Crippen molar-refractivity contribution >= 4 is 0 Å². The van der Waals surface area contributed by atoms with Gasteiger partial charge in [-0.2, -0.15) is 0 Å². The average molecular weight is 305 g/mol. The second-order valence-corrected chi connectivity index (χ2v) is 6.37. The van der Waals surface area contributed by atoms with Crippen LogP contribution in [0, 0.1) is 0 Å². The Labute approximate surface area is 135 Å². The van der Waals surface area contributed by atoms with E-state index in [1.54, 1.807) is 0 Å². The van der Waals surface area contributed by atoms with Crippen LogP contribution in [-0.4, -0.2) is 42.4 Å². The molecule has 0 bridgehead atoms. The van der Waals surface area contributed by atoms with Gasteiger partial charge in [0.2, 0.25) is 0 Å². The Morgan fingerprint density at radius 2 is 1.95 bits per heavy atom. The first kappa shape index (κ1) is 17.5. The van der Waals surface area contributed by atoms with E-state index in [4.69, 9.17) is 4.74 Å². The number of hydrogen-bond donors (Lipinski definition) is 1. The maximum absolute atomic E-state index is 10.3. The molecule has 1 aliphatic rings. The first-order chi connectivity index (χ1) is 10.7. The van der Waals surface area contributed by atoms with E-state index in [0.29, 0.717) is 6.61 Å². The van der Waals surface area contributed by atoms with E-state index in [0.717, 1.165) is 45.3 Å². The van der Waals surface area contributed by atoms with E-state index < -0.39 is 6.10 Å². The molecule has 2 rings (SSSR count). The molecule has 0 aliphatic heterocycles. The van der Waals surface area contributed by atoms with Crippen LogP contribution in [0.2, 0.25) is 0 Å². The van der Waals surface area contributed by atoms with E-state index in [1.165, 1.54) is 17.5 Å². The van der Waals surface area contributed by atoms with Gasteiger partial charge in [-0.25, -0.2) is 0 Å². The van der Waals surface area contributed by atoms with Crippen molar-refractivity contribution in [3.8, 4) is 0 Å². The highest BCUT2D eigenvalue weighted by atomic mass is 16.5. The summed E-state index contributed by atoms with van der Waals surface area (Å²) >= 11 is 0. The molecule has 0 fully saturated rings. The smallest absolute Gasteiger partial charge is 0.0900 e. The maximum atomic E-state index is 10.3. The molecule has 0 radical (unpaired) electrons. The van der Waals surface area contributed by atoms with Gasteiger partial charge in [0.1, 0.15) is 0 Å². The molecule has 0 saturated heterocycles. The topological polar surface area (TPSA) is 32.7 Å². The minimum atomic E-state index is -0.396. The summed E-state index contributed by atoms with van der Waals surface area (Å²) in [6, 6.07) is 8.56. The Bertz CT molecular complexity index is 429. The maximum Gasteiger partial charge on any atom is 0.0900 e. The molecule has 0 heterocycles. The minimum absolute atomic E-state index is 0.158. The Hall–Kier alpha value is -0.900. The van der Waals surface area contributed by atoms with Gasteiger partial charge in [-0.15, -0.1) is 0 Å². The lowest BCUT2D eigenvalue weighted by molar-refractivity contribution is -0.0281. The van der Waals surface area contributed by atoms with E-state index in [2.05, 4.69) is 43.0 Å². The largest absolute Gasteiger partial charge is 0.389 e. The second-order valence-electron chi connectivity index (χ2n) is 6.37. The Kier molecular flexibility index (Phi) is 7.37. The molecule has 0 saturated carbocycles. The number of hydrogen-bond acceptors (Lipinski definition) is 3. The lowest BCUT2D eigenvalue weighted by Crippen LogP contribution is -2.36. The summed E-state index contributed by atoms with van der Waals surface area (Å²) in [6.45, 7) is 7.63. The molecule has 1 N–H and O–H groups in total. The zero-order valence-electron chi connectivity index (χ0n) is 14.1. The minimum Gasteiger partial charge on any atom is -0.389 e. The number of ether oxygens (including phenoxy) is 1. The SMILES string of the molecule is CCCN(CCC)C[C@H](O)CO[C@@H]1CCCc2ccccc21. The van der Waals surface area contributed by atoms with Crippen molar-refractivity contribution in [3.05, 3.63) is 35.4 Å². The fraction of sp³-hybridized carbons (Fsp3) is 0.684. The van der Waals surface area contributed by atoms with Gasteiger partial charge >= 0.3 is 0 Å². The van der Waals surface area contributed by atoms with Crippen LogP contribution >= 0.6 is 0 Å². The summed E-state index contributed by atoms with van der Waals surface area (Å²) in [5, 5.41) is 10.3. The zero-order valence-corrected chi connectivity index (χ0v) is 14.1. The monoisotopic (exact) mass is 305 g/mol. The Morgan fingerprint density at radius 1 is 1.23 bits per heavy atom. The molecule has 1 aromatic rings. The number of fused-ring (bicyclic) bond motifs is 1. The summed E-state index contributed by atoms with van der Waals surface area (Å²) in [4.78, 5) is 2.34. The number of aliphatic hydroxyl groups is 1. The van der Waals surface area contributed by atoms with Crippen LogP contribution in [0.1, 0.15) is 56.8 Å². The molecule has 1 aromatic carbocycles. The standard InChI is InChI=1S/C19H31NO2/c1-3-12-20(13-4-2)14-17(21)15-22-19-11-7-9-16-8-5-6-10-18(16)19/h5-6,8,10,17,19,21H,3-4,7,9,11-15H2,1-2H3/t17-,19+/m0/s1. The molecule has 1 aliphatic carbocycles. The van der Waals surface area contributed by atoms with Crippen molar-refractivity contribution in [1.29, 1.82) is 0 Å². The highest BCUT2D eigenvalue weighted by molar-refractivity contribution is 5.31. The Morgan fingerprint density at radius 3 is 2.68 bits per heavy atom. The number of aryl methyl sites for hydroxylation is 1. The van der Waals surface area contributed by atoms with E-state index in [-0.39, 0.29) is 6.10 Å². The lowest BCUT2D eigenvalue weighted by Gasteiger charge is -2.28. The van der Waals surface area contributed by atoms with Crippen LogP contribution in [0.15, 0.2) is 24.3 Å². The number of rotatable bonds is 9. The Balaban J connectivity index is 1.82. The molecular weight excluding hydrogens is 274 g/mol. The third-order valence-electron chi connectivity index (χ3n) is 4.35. The fourth-order valence-electron chi connectivity index (χ4n) is 3.39. The normalized spacial score (nSPS) is 19.2. The van der Waals surface area contributed by atoms with Gasteiger partial charge in [0.05, 0.1) is 18.8 Å². The molecular formula is C19H31NO2. The third-order valence-corrected chi connectivity index (χ3v) is 4.35. The summed E-state index contributed by atoms with van der Waals surface area (Å²) in [6.07, 6.45) is 5.41. The molecule has 3 heteroatoms. The number of aliphatic hydroxyl groups excluding tert-OH is 1. The lowest BCUT2D eigenvalue weighted by atomic mass is 9.89. The van der Waals surface area contributed by atoms with Gasteiger partial charge in [-0.05, 0) is 56.3 Å². The van der Waals surface area contributed by atoms with Crippen LogP contribution in [-0.2, 0) is 11.2 Å².